The lowest BCUT2D eigenvalue weighted by atomic mass is 9.99. The lowest BCUT2D eigenvalue weighted by Gasteiger charge is -2.19. The number of carbonyl (C=O) groups excluding carboxylic acids is 2. The smallest absolute Gasteiger partial charge is 0.325 e. The fraction of sp³-hybridized carbons (Fsp3) is 0.182. The molecule has 4 aromatic rings. The number of fused-ring (bicyclic) bond motifs is 2. The molecule has 1 aliphatic rings. The third-order valence-corrected chi connectivity index (χ3v) is 5.45. The number of nitrogens with one attached hydrogen (secondary N) is 1. The summed E-state index contributed by atoms with van der Waals surface area (Å²) in [4.78, 5) is 43.8. The number of carbonyl (C=O) groups is 2. The van der Waals surface area contributed by atoms with Gasteiger partial charge in [-0.05, 0) is 37.6 Å². The normalized spacial score (nSPS) is 19.1. The molecule has 1 aromatic carbocycles. The molecule has 1 N–H and O–H groups in total. The van der Waals surface area contributed by atoms with E-state index < -0.39 is 17.5 Å². The van der Waals surface area contributed by atoms with Crippen LogP contribution in [0.2, 0.25) is 0 Å². The predicted octanol–water partition coefficient (Wildman–Crippen LogP) is 2.72. The van der Waals surface area contributed by atoms with Gasteiger partial charge < -0.3 is 9.73 Å². The average molecular weight is 402 g/mol. The Morgan fingerprint density at radius 1 is 1.10 bits per heavy atom. The number of aromatic nitrogens is 2. The monoisotopic (exact) mass is 402 g/mol. The topological polar surface area (TPSA) is 96.9 Å². The van der Waals surface area contributed by atoms with Crippen molar-refractivity contribution in [2.24, 2.45) is 0 Å². The van der Waals surface area contributed by atoms with Gasteiger partial charge in [-0.25, -0.2) is 9.78 Å². The van der Waals surface area contributed by atoms with Gasteiger partial charge in [0.2, 0.25) is 0 Å². The molecule has 1 atom stereocenters. The Morgan fingerprint density at radius 3 is 2.70 bits per heavy atom. The van der Waals surface area contributed by atoms with E-state index in [-0.39, 0.29) is 12.1 Å². The highest BCUT2D eigenvalue weighted by Crippen LogP contribution is 2.33. The second-order valence-corrected chi connectivity index (χ2v) is 7.57. The SMILES string of the molecule is Cc1cccn2c(=O)cc(CN3C(=O)N[C@@](C)(c4cc5ccccc5o4)C3=O)nc12. The molecule has 0 aliphatic carbocycles. The summed E-state index contributed by atoms with van der Waals surface area (Å²) in [7, 11) is 0. The molecule has 4 heterocycles. The van der Waals surface area contributed by atoms with Gasteiger partial charge in [-0.3, -0.25) is 18.9 Å². The van der Waals surface area contributed by atoms with Crippen molar-refractivity contribution >= 4 is 28.6 Å². The molecule has 0 radical (unpaired) electrons. The third-order valence-electron chi connectivity index (χ3n) is 5.45. The molecule has 1 saturated heterocycles. The van der Waals surface area contributed by atoms with Gasteiger partial charge in [-0.15, -0.1) is 0 Å². The first-order valence-electron chi connectivity index (χ1n) is 9.48. The zero-order valence-electron chi connectivity index (χ0n) is 16.4. The standard InChI is InChI=1S/C22H18N4O4/c1-13-6-5-9-25-18(27)11-15(23-19(13)25)12-26-20(28)22(2,24-21(26)29)17-10-14-7-3-4-8-16(14)30-17/h3-11H,12H2,1-2H3,(H,24,29)/t22-/m0/s1. The number of nitrogens with zero attached hydrogens (tertiary/aromatic N) is 3. The molecule has 3 aromatic heterocycles. The van der Waals surface area contributed by atoms with Crippen molar-refractivity contribution in [2.75, 3.05) is 0 Å². The molecule has 0 saturated carbocycles. The third kappa shape index (κ3) is 2.61. The van der Waals surface area contributed by atoms with Crippen LogP contribution in [0.15, 0.2) is 63.9 Å². The van der Waals surface area contributed by atoms with Crippen LogP contribution in [0.1, 0.15) is 23.9 Å². The van der Waals surface area contributed by atoms with E-state index in [1.54, 1.807) is 31.3 Å². The average Bonchev–Trinajstić information content (AvgIpc) is 3.25. The number of furan rings is 1. The van der Waals surface area contributed by atoms with Crippen molar-refractivity contribution in [3.05, 3.63) is 82.1 Å². The molecule has 150 valence electrons. The Balaban J connectivity index is 1.51. The quantitative estimate of drug-likeness (QED) is 0.532. The zero-order chi connectivity index (χ0) is 21.0. The molecule has 3 amide bonds. The van der Waals surface area contributed by atoms with E-state index in [4.69, 9.17) is 4.42 Å². The van der Waals surface area contributed by atoms with E-state index in [1.165, 1.54) is 10.5 Å². The molecule has 5 rings (SSSR count). The summed E-state index contributed by atoms with van der Waals surface area (Å²) in [5.74, 6) is -0.106. The molecule has 30 heavy (non-hydrogen) atoms. The second-order valence-electron chi connectivity index (χ2n) is 7.57. The van der Waals surface area contributed by atoms with Gasteiger partial charge in [-0.2, -0.15) is 0 Å². The van der Waals surface area contributed by atoms with Gasteiger partial charge in [0.15, 0.2) is 5.54 Å². The molecule has 0 bridgehead atoms. The lowest BCUT2D eigenvalue weighted by Crippen LogP contribution is -2.40. The van der Waals surface area contributed by atoms with E-state index in [0.29, 0.717) is 22.7 Å². The second kappa shape index (κ2) is 6.28. The summed E-state index contributed by atoms with van der Waals surface area (Å²) in [6.07, 6.45) is 1.63. The Morgan fingerprint density at radius 2 is 1.90 bits per heavy atom. The number of amides is 3. The van der Waals surface area contributed by atoms with Crippen LogP contribution in [0, 0.1) is 6.92 Å². The molecule has 8 nitrogen and oxygen atoms in total. The van der Waals surface area contributed by atoms with Crippen LogP contribution in [0.3, 0.4) is 0 Å². The number of hydrogen-bond acceptors (Lipinski definition) is 5. The highest BCUT2D eigenvalue weighted by atomic mass is 16.3. The lowest BCUT2D eigenvalue weighted by molar-refractivity contribution is -0.132. The van der Waals surface area contributed by atoms with Gasteiger partial charge >= 0.3 is 6.03 Å². The molecule has 1 fully saturated rings. The predicted molar refractivity (Wildman–Crippen MR) is 109 cm³/mol. The summed E-state index contributed by atoms with van der Waals surface area (Å²) in [5.41, 5.74) is 0.678. The first kappa shape index (κ1) is 18.1. The van der Waals surface area contributed by atoms with Crippen LogP contribution >= 0.6 is 0 Å². The minimum Gasteiger partial charge on any atom is -0.458 e. The van der Waals surface area contributed by atoms with Gasteiger partial charge in [0, 0.05) is 17.6 Å². The first-order chi connectivity index (χ1) is 14.4. The van der Waals surface area contributed by atoms with Crippen molar-refractivity contribution in [1.82, 2.24) is 19.6 Å². The Bertz CT molecular complexity index is 1370. The van der Waals surface area contributed by atoms with Crippen molar-refractivity contribution in [1.29, 1.82) is 0 Å². The molecule has 0 spiro atoms. The van der Waals surface area contributed by atoms with E-state index in [1.807, 2.05) is 31.2 Å². The van der Waals surface area contributed by atoms with Crippen LogP contribution in [-0.4, -0.2) is 26.2 Å². The Kier molecular flexibility index (Phi) is 3.79. The molecule has 8 heteroatoms. The number of rotatable bonds is 3. The molecular formula is C22H18N4O4. The summed E-state index contributed by atoms with van der Waals surface area (Å²) >= 11 is 0. The van der Waals surface area contributed by atoms with Crippen LogP contribution in [0.4, 0.5) is 4.79 Å². The summed E-state index contributed by atoms with van der Waals surface area (Å²) in [6.45, 7) is 3.34. The highest BCUT2D eigenvalue weighted by molar-refractivity contribution is 6.07. The van der Waals surface area contributed by atoms with E-state index in [2.05, 4.69) is 10.3 Å². The number of para-hydroxylation sites is 1. The van der Waals surface area contributed by atoms with Crippen molar-refractivity contribution in [2.45, 2.75) is 25.9 Å². The minimum atomic E-state index is -1.34. The number of pyridine rings is 1. The van der Waals surface area contributed by atoms with Crippen molar-refractivity contribution in [3.63, 3.8) is 0 Å². The van der Waals surface area contributed by atoms with Crippen molar-refractivity contribution < 1.29 is 14.0 Å². The minimum absolute atomic E-state index is 0.111. The van der Waals surface area contributed by atoms with Gasteiger partial charge in [-0.1, -0.05) is 24.3 Å². The van der Waals surface area contributed by atoms with Crippen molar-refractivity contribution in [3.8, 4) is 0 Å². The fourth-order valence-electron chi connectivity index (χ4n) is 3.79. The zero-order valence-corrected chi connectivity index (χ0v) is 16.4. The van der Waals surface area contributed by atoms with Gasteiger partial charge in [0.25, 0.3) is 11.5 Å². The molecular weight excluding hydrogens is 384 g/mol. The number of imide groups is 1. The van der Waals surface area contributed by atoms with Crippen LogP contribution < -0.4 is 10.9 Å². The maximum atomic E-state index is 13.2. The number of benzene rings is 1. The Hall–Kier alpha value is -3.94. The number of aryl methyl sites for hydroxylation is 1. The summed E-state index contributed by atoms with van der Waals surface area (Å²) in [6, 6.07) is 13.5. The summed E-state index contributed by atoms with van der Waals surface area (Å²) in [5, 5.41) is 3.56. The number of urea groups is 1. The maximum absolute atomic E-state index is 13.2. The number of hydrogen-bond donors (Lipinski definition) is 1. The summed E-state index contributed by atoms with van der Waals surface area (Å²) < 4.78 is 7.27. The van der Waals surface area contributed by atoms with E-state index >= 15 is 0 Å². The Labute approximate surface area is 170 Å². The van der Waals surface area contributed by atoms with E-state index in [0.717, 1.165) is 15.8 Å². The maximum Gasteiger partial charge on any atom is 0.325 e. The van der Waals surface area contributed by atoms with Crippen LogP contribution in [-0.2, 0) is 16.9 Å². The highest BCUT2D eigenvalue weighted by Gasteiger charge is 2.51. The van der Waals surface area contributed by atoms with Crippen LogP contribution in [0.5, 0.6) is 0 Å². The van der Waals surface area contributed by atoms with Gasteiger partial charge in [0.05, 0.1) is 12.2 Å². The first-order valence-corrected chi connectivity index (χ1v) is 9.48. The van der Waals surface area contributed by atoms with Gasteiger partial charge in [0.1, 0.15) is 17.0 Å². The fourth-order valence-corrected chi connectivity index (χ4v) is 3.79. The molecule has 0 unspecified atom stereocenters. The van der Waals surface area contributed by atoms with Crippen LogP contribution in [0.25, 0.3) is 16.6 Å². The van der Waals surface area contributed by atoms with E-state index in [9.17, 15) is 14.4 Å². The molecule has 1 aliphatic heterocycles. The largest absolute Gasteiger partial charge is 0.458 e.